The Hall–Kier alpha value is -0.550. The smallest absolute Gasteiger partial charge is 0.145 e. The van der Waals surface area contributed by atoms with Gasteiger partial charge in [-0.15, -0.1) is 11.8 Å². The molecule has 0 amide bonds. The molecular weight excluding hydrogens is 248 g/mol. The van der Waals surface area contributed by atoms with Gasteiger partial charge >= 0.3 is 0 Å². The number of aliphatic hydroxyl groups excluding tert-OH is 2. The summed E-state index contributed by atoms with van der Waals surface area (Å²) < 4.78 is 6.06. The molecule has 2 heterocycles. The predicted octanol–water partition coefficient (Wildman–Crippen LogP) is 1.86. The molecule has 2 N–H and O–H groups in total. The predicted molar refractivity (Wildman–Crippen MR) is 71.2 cm³/mol. The van der Waals surface area contributed by atoms with Gasteiger partial charge in [-0.05, 0) is 17.5 Å². The van der Waals surface area contributed by atoms with E-state index in [4.69, 9.17) is 4.74 Å². The zero-order valence-electron chi connectivity index (χ0n) is 10.4. The molecule has 0 aromatic heterocycles. The second-order valence-electron chi connectivity index (χ2n) is 5.13. The average Bonchev–Trinajstić information content (AvgIpc) is 2.76. The van der Waals surface area contributed by atoms with E-state index in [-0.39, 0.29) is 17.8 Å². The van der Waals surface area contributed by atoms with Crippen LogP contribution in [0.1, 0.15) is 24.5 Å². The molecule has 1 fully saturated rings. The molecule has 1 aromatic rings. The molecule has 3 rings (SSSR count). The molecule has 3 nitrogen and oxygen atoms in total. The summed E-state index contributed by atoms with van der Waals surface area (Å²) in [6, 6.07) is 8.18. The van der Waals surface area contributed by atoms with Crippen LogP contribution in [0.3, 0.4) is 0 Å². The summed E-state index contributed by atoms with van der Waals surface area (Å²) in [4.78, 5) is -0.484. The summed E-state index contributed by atoms with van der Waals surface area (Å²) in [6.45, 7) is 2.72. The van der Waals surface area contributed by atoms with Crippen LogP contribution in [-0.2, 0) is 16.3 Å². The maximum absolute atomic E-state index is 10.2. The molecule has 18 heavy (non-hydrogen) atoms. The maximum atomic E-state index is 10.2. The Morgan fingerprint density at radius 1 is 1.44 bits per heavy atom. The lowest BCUT2D eigenvalue weighted by atomic mass is 9.88. The fraction of sp³-hybridized carbons (Fsp3) is 0.571. The molecule has 0 radical (unpaired) electrons. The van der Waals surface area contributed by atoms with Crippen LogP contribution in [0.15, 0.2) is 24.3 Å². The van der Waals surface area contributed by atoms with Crippen LogP contribution >= 0.6 is 11.8 Å². The normalized spacial score (nSPS) is 38.9. The third-order valence-corrected chi connectivity index (χ3v) is 5.80. The van der Waals surface area contributed by atoms with Gasteiger partial charge in [-0.1, -0.05) is 31.2 Å². The van der Waals surface area contributed by atoms with Crippen molar-refractivity contribution in [3.05, 3.63) is 35.4 Å². The number of hydrogen-bond donors (Lipinski definition) is 2. The lowest BCUT2D eigenvalue weighted by Gasteiger charge is -2.44. The number of hydrogen-bond acceptors (Lipinski definition) is 4. The van der Waals surface area contributed by atoms with Gasteiger partial charge in [0.15, 0.2) is 0 Å². The van der Waals surface area contributed by atoms with E-state index in [0.717, 1.165) is 0 Å². The Balaban J connectivity index is 2.03. The van der Waals surface area contributed by atoms with E-state index in [0.29, 0.717) is 13.0 Å². The van der Waals surface area contributed by atoms with E-state index in [1.165, 1.54) is 11.1 Å². The van der Waals surface area contributed by atoms with Gasteiger partial charge in [-0.3, -0.25) is 0 Å². The van der Waals surface area contributed by atoms with Crippen LogP contribution in [0.5, 0.6) is 0 Å². The largest absolute Gasteiger partial charge is 0.395 e. The number of benzene rings is 1. The molecule has 1 aromatic carbocycles. The Morgan fingerprint density at radius 3 is 3.00 bits per heavy atom. The number of fused-ring (bicyclic) bond motifs is 2. The van der Waals surface area contributed by atoms with E-state index in [9.17, 15) is 10.2 Å². The Kier molecular flexibility index (Phi) is 3.14. The van der Waals surface area contributed by atoms with Crippen molar-refractivity contribution >= 4 is 11.8 Å². The molecule has 2 aliphatic rings. The van der Waals surface area contributed by atoms with Gasteiger partial charge in [0.05, 0.1) is 19.3 Å². The lowest BCUT2D eigenvalue weighted by Crippen LogP contribution is -2.45. The molecule has 0 saturated carbocycles. The second kappa shape index (κ2) is 4.53. The molecule has 2 unspecified atom stereocenters. The summed E-state index contributed by atoms with van der Waals surface area (Å²) >= 11 is 1.66. The van der Waals surface area contributed by atoms with Gasteiger partial charge < -0.3 is 14.9 Å². The Bertz CT molecular complexity index is 450. The fourth-order valence-corrected chi connectivity index (χ4v) is 4.65. The van der Waals surface area contributed by atoms with E-state index < -0.39 is 11.0 Å². The van der Waals surface area contributed by atoms with Gasteiger partial charge in [0.2, 0.25) is 0 Å². The minimum absolute atomic E-state index is 0.0361. The SMILES string of the molecule is C[C@@H]1C(O)CC(CO)S[C@]12OCc1ccccc12. The van der Waals surface area contributed by atoms with Crippen LogP contribution < -0.4 is 0 Å². The standard InChI is InChI=1S/C14H18O3S/c1-9-13(16)6-11(7-15)18-14(9)12-5-3-2-4-10(12)8-17-14/h2-5,9,11,13,15-16H,6-8H2,1H3/t9-,11?,13?,14-/m1/s1. The van der Waals surface area contributed by atoms with E-state index in [1.54, 1.807) is 11.8 Å². The summed E-state index contributed by atoms with van der Waals surface area (Å²) in [6.07, 6.45) is 0.213. The quantitative estimate of drug-likeness (QED) is 0.814. The van der Waals surface area contributed by atoms with Crippen molar-refractivity contribution < 1.29 is 14.9 Å². The van der Waals surface area contributed by atoms with Crippen molar-refractivity contribution in [1.82, 2.24) is 0 Å². The summed E-state index contributed by atoms with van der Waals surface area (Å²) in [5, 5.41) is 19.7. The number of aliphatic hydroxyl groups is 2. The van der Waals surface area contributed by atoms with E-state index >= 15 is 0 Å². The topological polar surface area (TPSA) is 49.7 Å². The van der Waals surface area contributed by atoms with E-state index in [1.807, 2.05) is 19.1 Å². The van der Waals surface area contributed by atoms with Crippen molar-refractivity contribution in [1.29, 1.82) is 0 Å². The first-order chi connectivity index (χ1) is 8.67. The van der Waals surface area contributed by atoms with Gasteiger partial charge in [0, 0.05) is 11.2 Å². The summed E-state index contributed by atoms with van der Waals surface area (Å²) in [5.74, 6) is 0.0361. The number of thioether (sulfide) groups is 1. The van der Waals surface area contributed by atoms with Crippen molar-refractivity contribution in [2.75, 3.05) is 6.61 Å². The van der Waals surface area contributed by atoms with Gasteiger partial charge in [-0.25, -0.2) is 0 Å². The summed E-state index contributed by atoms with van der Waals surface area (Å²) in [5.41, 5.74) is 2.36. The van der Waals surface area contributed by atoms with Crippen molar-refractivity contribution in [3.8, 4) is 0 Å². The van der Waals surface area contributed by atoms with Crippen LogP contribution in [0, 0.1) is 5.92 Å². The molecular formula is C14H18O3S. The monoisotopic (exact) mass is 266 g/mol. The lowest BCUT2D eigenvalue weighted by molar-refractivity contribution is -0.0591. The third kappa shape index (κ3) is 1.71. The van der Waals surface area contributed by atoms with Crippen molar-refractivity contribution in [2.24, 2.45) is 5.92 Å². The maximum Gasteiger partial charge on any atom is 0.145 e. The highest BCUT2D eigenvalue weighted by Crippen LogP contribution is 2.56. The highest BCUT2D eigenvalue weighted by Gasteiger charge is 2.52. The molecule has 98 valence electrons. The fourth-order valence-electron chi connectivity index (χ4n) is 2.96. The molecule has 2 aliphatic heterocycles. The first kappa shape index (κ1) is 12.5. The van der Waals surface area contributed by atoms with Crippen molar-refractivity contribution in [3.63, 3.8) is 0 Å². The zero-order valence-corrected chi connectivity index (χ0v) is 11.2. The molecule has 0 aliphatic carbocycles. The van der Waals surface area contributed by atoms with E-state index in [2.05, 4.69) is 12.1 Å². The zero-order chi connectivity index (χ0) is 12.8. The first-order valence-corrected chi connectivity index (χ1v) is 7.24. The molecule has 4 atom stereocenters. The van der Waals surface area contributed by atoms with Crippen LogP contribution in [0.2, 0.25) is 0 Å². The number of ether oxygens (including phenoxy) is 1. The summed E-state index contributed by atoms with van der Waals surface area (Å²) in [7, 11) is 0. The highest BCUT2D eigenvalue weighted by molar-refractivity contribution is 8.00. The Morgan fingerprint density at radius 2 is 2.22 bits per heavy atom. The molecule has 0 bridgehead atoms. The average molecular weight is 266 g/mol. The van der Waals surface area contributed by atoms with Gasteiger partial charge in [-0.2, -0.15) is 0 Å². The number of rotatable bonds is 1. The Labute approximate surface area is 111 Å². The van der Waals surface area contributed by atoms with Crippen LogP contribution in [0.4, 0.5) is 0 Å². The minimum atomic E-state index is -0.484. The minimum Gasteiger partial charge on any atom is -0.395 e. The van der Waals surface area contributed by atoms with Gasteiger partial charge in [0.1, 0.15) is 4.93 Å². The third-order valence-electron chi connectivity index (χ3n) is 4.06. The van der Waals surface area contributed by atoms with Crippen LogP contribution in [-0.4, -0.2) is 28.2 Å². The molecule has 4 heteroatoms. The van der Waals surface area contributed by atoms with Crippen LogP contribution in [0.25, 0.3) is 0 Å². The van der Waals surface area contributed by atoms with Crippen molar-refractivity contribution in [2.45, 2.75) is 36.2 Å². The molecule has 1 saturated heterocycles. The highest BCUT2D eigenvalue weighted by atomic mass is 32.2. The molecule has 1 spiro atoms. The van der Waals surface area contributed by atoms with Gasteiger partial charge in [0.25, 0.3) is 0 Å². The second-order valence-corrected chi connectivity index (χ2v) is 6.64. The first-order valence-electron chi connectivity index (χ1n) is 6.36.